The van der Waals surface area contributed by atoms with Crippen LogP contribution in [0.2, 0.25) is 0 Å². The van der Waals surface area contributed by atoms with Crippen molar-refractivity contribution in [3.63, 3.8) is 0 Å². The van der Waals surface area contributed by atoms with Crippen LogP contribution in [0, 0.1) is 40.9 Å². The molecular weight excluding hydrogens is 1220 g/mol. The van der Waals surface area contributed by atoms with E-state index in [9.17, 15) is 4.79 Å². The Bertz CT molecular complexity index is 3790. The summed E-state index contributed by atoms with van der Waals surface area (Å²) in [6, 6.07) is 42.7. The molecule has 21 heteroatoms. The molecule has 11 heterocycles. The van der Waals surface area contributed by atoms with Crippen LogP contribution in [0.5, 0.6) is 0 Å². The van der Waals surface area contributed by atoms with Crippen molar-refractivity contribution in [2.75, 3.05) is 115 Å². The second-order valence-corrected chi connectivity index (χ2v) is 28.0. The van der Waals surface area contributed by atoms with E-state index in [1.807, 2.05) is 43.8 Å². The average molecular weight is 1330 g/mol. The molecule has 5 unspecified atom stereocenters. The molecule has 14 rings (SSSR count). The van der Waals surface area contributed by atoms with Gasteiger partial charge in [0.15, 0.2) is 0 Å². The van der Waals surface area contributed by atoms with Crippen LogP contribution in [0.4, 0.5) is 17.5 Å². The van der Waals surface area contributed by atoms with Crippen LogP contribution < -0.4 is 30.7 Å². The van der Waals surface area contributed by atoms with E-state index < -0.39 is 0 Å². The third kappa shape index (κ3) is 19.1. The van der Waals surface area contributed by atoms with Gasteiger partial charge in [-0.1, -0.05) is 126 Å². The molecule has 9 aromatic rings. The molecule has 98 heavy (non-hydrogen) atoms. The van der Waals surface area contributed by atoms with E-state index in [4.69, 9.17) is 5.26 Å². The summed E-state index contributed by atoms with van der Waals surface area (Å²) in [6.45, 7) is 25.3. The summed E-state index contributed by atoms with van der Waals surface area (Å²) < 4.78 is 0. The first kappa shape index (κ1) is 72.4. The highest BCUT2D eigenvalue weighted by Gasteiger charge is 2.34. The second kappa shape index (κ2) is 35.9. The first-order valence-corrected chi connectivity index (χ1v) is 35.7. The number of carbonyl (C=O) groups is 1. The lowest BCUT2D eigenvalue weighted by Gasteiger charge is -2.42. The van der Waals surface area contributed by atoms with Crippen LogP contribution in [0.3, 0.4) is 0 Å². The Morgan fingerprint density at radius 1 is 0.480 bits per heavy atom. The van der Waals surface area contributed by atoms with Crippen molar-refractivity contribution in [3.8, 4) is 6.07 Å². The predicted molar refractivity (Wildman–Crippen MR) is 398 cm³/mol. The molecule has 6 N–H and O–H groups in total. The first-order valence-electron chi connectivity index (χ1n) is 35.7. The van der Waals surface area contributed by atoms with Crippen molar-refractivity contribution in [1.29, 1.82) is 5.26 Å². The van der Waals surface area contributed by atoms with Gasteiger partial charge in [-0.25, -0.2) is 29.9 Å². The summed E-state index contributed by atoms with van der Waals surface area (Å²) in [5, 5.41) is 22.2. The number of fused-ring (bicyclic) bond motifs is 3. The fourth-order valence-electron chi connectivity index (χ4n) is 14.9. The van der Waals surface area contributed by atoms with Crippen LogP contribution in [0.25, 0.3) is 33.1 Å². The number of nitriles is 1. The van der Waals surface area contributed by atoms with Gasteiger partial charge in [-0.3, -0.25) is 19.5 Å². The number of benzene rings is 3. The van der Waals surface area contributed by atoms with Crippen LogP contribution >= 0.6 is 0 Å². The zero-order chi connectivity index (χ0) is 68.9. The topological polar surface area (TPSA) is 224 Å². The summed E-state index contributed by atoms with van der Waals surface area (Å²) in [7, 11) is 10.5. The average Bonchev–Trinajstić information content (AvgIpc) is 1.50. The minimum atomic E-state index is -0.0905. The van der Waals surface area contributed by atoms with Gasteiger partial charge in [-0.15, -0.1) is 0 Å². The number of carbonyl (C=O) groups excluding carboxylic acids is 1. The van der Waals surface area contributed by atoms with Gasteiger partial charge in [0.2, 0.25) is 5.91 Å². The minimum absolute atomic E-state index is 0.0552. The quantitative estimate of drug-likeness (QED) is 0.0561. The summed E-state index contributed by atoms with van der Waals surface area (Å²) in [5.74, 6) is 6.17. The SMILES string of the molecule is CNC1CN(Cc2ccccc2)CCC1C.CN[C@H]1CN(Cc2ccccc2)CC[C@H]1C.C[C@@H]1CCN(C(=O)CC#N)CC1N(C)c1ncnc2[nH]ccc12.C[C@@H]1CCN(Cc2ccccc2)CC1N(C)c1ncnc2[nH]ccc12.C[C@@H]1CCNCC1N(C)c1ncnc2[nH]ccc12. The molecular formula is C77H108N20O. The van der Waals surface area contributed by atoms with E-state index in [1.54, 1.807) is 23.9 Å². The molecule has 5 aliphatic heterocycles. The van der Waals surface area contributed by atoms with E-state index in [0.29, 0.717) is 48.5 Å². The first-order chi connectivity index (χ1) is 47.7. The van der Waals surface area contributed by atoms with Crippen molar-refractivity contribution >= 4 is 56.5 Å². The molecule has 5 fully saturated rings. The molecule has 5 aliphatic rings. The number of aromatic nitrogens is 9. The Kier molecular flexibility index (Phi) is 26.5. The minimum Gasteiger partial charge on any atom is -0.354 e. The number of rotatable bonds is 15. The predicted octanol–water partition coefficient (Wildman–Crippen LogP) is 10.5. The fourth-order valence-corrected chi connectivity index (χ4v) is 14.9. The number of hydrogen-bond donors (Lipinski definition) is 6. The zero-order valence-electron chi connectivity index (χ0n) is 59.7. The molecule has 0 spiro atoms. The summed E-state index contributed by atoms with van der Waals surface area (Å²) in [4.78, 5) is 63.9. The number of anilines is 3. The lowest BCUT2D eigenvalue weighted by Crippen LogP contribution is -2.52. The van der Waals surface area contributed by atoms with Gasteiger partial charge in [0.1, 0.15) is 59.8 Å². The highest BCUT2D eigenvalue weighted by atomic mass is 16.2. The van der Waals surface area contributed by atoms with Gasteiger partial charge in [0, 0.05) is 123 Å². The number of likely N-dealkylation sites (tertiary alicyclic amines) is 4. The van der Waals surface area contributed by atoms with E-state index in [1.165, 1.54) is 68.6 Å². The lowest BCUT2D eigenvalue weighted by molar-refractivity contribution is -0.131. The van der Waals surface area contributed by atoms with Crippen molar-refractivity contribution in [2.24, 2.45) is 29.6 Å². The Labute approximate surface area is 581 Å². The molecule has 21 nitrogen and oxygen atoms in total. The van der Waals surface area contributed by atoms with Gasteiger partial charge < -0.3 is 50.5 Å². The lowest BCUT2D eigenvalue weighted by atomic mass is 9.92. The largest absolute Gasteiger partial charge is 0.354 e. The van der Waals surface area contributed by atoms with Gasteiger partial charge in [0.25, 0.3) is 0 Å². The maximum absolute atomic E-state index is 12.0. The molecule has 5 saturated heterocycles. The monoisotopic (exact) mass is 1330 g/mol. The Morgan fingerprint density at radius 3 is 1.24 bits per heavy atom. The van der Waals surface area contributed by atoms with Crippen molar-refractivity contribution in [2.45, 2.75) is 123 Å². The summed E-state index contributed by atoms with van der Waals surface area (Å²) >= 11 is 0. The van der Waals surface area contributed by atoms with Gasteiger partial charge in [-0.2, -0.15) is 5.26 Å². The highest BCUT2D eigenvalue weighted by molar-refractivity contribution is 5.89. The third-order valence-electron chi connectivity index (χ3n) is 21.4. The van der Waals surface area contributed by atoms with Gasteiger partial charge >= 0.3 is 0 Å². The number of amides is 1. The molecule has 0 saturated carbocycles. The normalized spacial score (nSPS) is 23.7. The second-order valence-electron chi connectivity index (χ2n) is 28.0. The molecule has 0 bridgehead atoms. The molecule has 0 radical (unpaired) electrons. The number of nitrogens with one attached hydrogen (secondary N) is 6. The Hall–Kier alpha value is -8.36. The Morgan fingerprint density at radius 2 is 0.847 bits per heavy atom. The molecule has 3 aromatic carbocycles. The molecule has 0 aliphatic carbocycles. The van der Waals surface area contributed by atoms with Gasteiger partial charge in [-0.05, 0) is 137 Å². The number of H-pyrrole nitrogens is 3. The van der Waals surface area contributed by atoms with Crippen molar-refractivity contribution in [3.05, 3.63) is 163 Å². The van der Waals surface area contributed by atoms with E-state index >= 15 is 0 Å². The molecule has 6 aromatic heterocycles. The van der Waals surface area contributed by atoms with Gasteiger partial charge in [0.05, 0.1) is 28.3 Å². The van der Waals surface area contributed by atoms with E-state index in [0.717, 1.165) is 121 Å². The number of hydrogen-bond acceptors (Lipinski definition) is 17. The molecule has 10 atom stereocenters. The zero-order valence-corrected chi connectivity index (χ0v) is 59.7. The van der Waals surface area contributed by atoms with Crippen LogP contribution in [0.15, 0.2) is 147 Å². The number of likely N-dealkylation sites (N-methyl/N-ethyl adjacent to an activating group) is 5. The highest BCUT2D eigenvalue weighted by Crippen LogP contribution is 2.32. The molecule has 522 valence electrons. The van der Waals surface area contributed by atoms with E-state index in [-0.39, 0.29) is 18.4 Å². The van der Waals surface area contributed by atoms with Crippen LogP contribution in [-0.4, -0.2) is 201 Å². The maximum atomic E-state index is 12.0. The number of piperidine rings is 5. The number of nitrogens with zero attached hydrogens (tertiary/aromatic N) is 14. The van der Waals surface area contributed by atoms with Crippen LogP contribution in [0.1, 0.15) is 89.8 Å². The number of aromatic amines is 3. The molecule has 1 amide bonds. The Balaban J connectivity index is 0.000000134. The van der Waals surface area contributed by atoms with E-state index in [2.05, 4.69) is 250 Å². The van der Waals surface area contributed by atoms with Crippen molar-refractivity contribution < 1.29 is 4.79 Å². The maximum Gasteiger partial charge on any atom is 0.236 e. The standard InChI is InChI=1S/C20H25N5.C16H20N6O.2C14H22N2.C13H19N5/c1-15-9-11-25(12-16-6-4-3-5-7-16)13-18(15)24(2)20-17-8-10-21-19(17)22-14-23-20;1-11-5-8-22(14(23)3-6-17)9-13(11)21(2)16-12-4-7-18-15(12)19-10-20-16;2*1-12-8-9-16(11-14(12)15-2)10-13-6-4-3-5-7-13;1-9-3-5-14-7-11(9)18(2)13-10-4-6-15-12(10)16-8-17-13/h3-8,10,14-15,18H,9,11-13H2,1-2H3,(H,21,22,23);4,7,10-11,13H,3,5,8-9H2,1-2H3,(H,18,19,20);2*3-7,12,14-15H,8-11H2,1-2H3;4,6,8-9,11,14H,3,5,7H2,1-2H3,(H,15,16,17)/t15-,18?;11-,13?;12-,14+;;9-,11?/m111.1/s1. The smallest absolute Gasteiger partial charge is 0.236 e. The summed E-state index contributed by atoms with van der Waals surface area (Å²) in [5.41, 5.74) is 6.85. The van der Waals surface area contributed by atoms with Crippen LogP contribution in [-0.2, 0) is 24.4 Å². The fraction of sp³-hybridized carbons (Fsp3) is 0.506. The third-order valence-corrected chi connectivity index (χ3v) is 21.4. The summed E-state index contributed by atoms with van der Waals surface area (Å²) in [6.07, 6.45) is 16.4. The van der Waals surface area contributed by atoms with Crippen molar-refractivity contribution in [1.82, 2.24) is 80.4 Å².